The quantitative estimate of drug-likeness (QED) is 0.888. The number of carbonyl (C=O) groups is 1. The summed E-state index contributed by atoms with van der Waals surface area (Å²) in [6.45, 7) is 0. The number of hydrogen-bond acceptors (Lipinski definition) is 3. The van der Waals surface area contributed by atoms with Gasteiger partial charge in [0.25, 0.3) is 0 Å². The molecule has 0 bridgehead atoms. The van der Waals surface area contributed by atoms with E-state index in [4.69, 9.17) is 5.11 Å². The number of nitrogens with one attached hydrogen (secondary N) is 1. The van der Waals surface area contributed by atoms with Gasteiger partial charge in [-0.15, -0.1) is 0 Å². The minimum atomic E-state index is -3.65. The van der Waals surface area contributed by atoms with Crippen molar-refractivity contribution in [2.45, 2.75) is 5.75 Å². The molecule has 0 aromatic heterocycles. The smallest absolute Gasteiger partial charge is 0.335 e. The van der Waals surface area contributed by atoms with Gasteiger partial charge in [0, 0.05) is 5.69 Å². The Balaban J connectivity index is 2.10. The van der Waals surface area contributed by atoms with E-state index in [9.17, 15) is 17.6 Å². The van der Waals surface area contributed by atoms with E-state index in [1.807, 2.05) is 0 Å². The third-order valence-electron chi connectivity index (χ3n) is 2.68. The molecule has 2 N–H and O–H groups in total. The molecule has 21 heavy (non-hydrogen) atoms. The van der Waals surface area contributed by atoms with Crippen molar-refractivity contribution in [2.75, 3.05) is 4.72 Å². The van der Waals surface area contributed by atoms with Gasteiger partial charge in [-0.3, -0.25) is 4.72 Å². The molecule has 0 fully saturated rings. The van der Waals surface area contributed by atoms with Crippen molar-refractivity contribution in [3.8, 4) is 0 Å². The molecule has 7 heteroatoms. The molecule has 110 valence electrons. The van der Waals surface area contributed by atoms with Crippen LogP contribution < -0.4 is 4.72 Å². The second-order valence-electron chi connectivity index (χ2n) is 4.37. The fraction of sp³-hybridized carbons (Fsp3) is 0.0714. The maximum atomic E-state index is 12.7. The summed E-state index contributed by atoms with van der Waals surface area (Å²) in [5, 5.41) is 8.76. The number of anilines is 1. The van der Waals surface area contributed by atoms with Gasteiger partial charge in [0.05, 0.1) is 11.3 Å². The number of carboxylic acid groups (broad SMARTS) is 1. The average molecular weight is 309 g/mol. The Kier molecular flexibility index (Phi) is 4.23. The largest absolute Gasteiger partial charge is 0.478 e. The van der Waals surface area contributed by atoms with Gasteiger partial charge < -0.3 is 5.11 Å². The summed E-state index contributed by atoms with van der Waals surface area (Å²) in [4.78, 5) is 10.7. The first-order valence-corrected chi connectivity index (χ1v) is 7.59. The lowest BCUT2D eigenvalue weighted by atomic mass is 10.1. The zero-order chi connectivity index (χ0) is 15.5. The standard InChI is InChI=1S/C14H12FNO4S/c15-12-5-7-13(8-6-12)16-21(19,20)9-10-1-3-11(4-2-10)14(17)18/h1-8,16H,9H2,(H,17,18). The lowest BCUT2D eigenvalue weighted by Crippen LogP contribution is -2.15. The minimum absolute atomic E-state index is 0.0858. The summed E-state index contributed by atoms with van der Waals surface area (Å²) >= 11 is 0. The van der Waals surface area contributed by atoms with Crippen LogP contribution in [0, 0.1) is 5.82 Å². The molecule has 0 aliphatic carbocycles. The zero-order valence-corrected chi connectivity index (χ0v) is 11.6. The van der Waals surface area contributed by atoms with Crippen LogP contribution >= 0.6 is 0 Å². The monoisotopic (exact) mass is 309 g/mol. The topological polar surface area (TPSA) is 83.5 Å². The van der Waals surface area contributed by atoms with E-state index in [0.717, 1.165) is 12.1 Å². The molecule has 0 heterocycles. The van der Waals surface area contributed by atoms with Crippen LogP contribution in [-0.2, 0) is 15.8 Å². The summed E-state index contributed by atoms with van der Waals surface area (Å²) < 4.78 is 39.0. The molecule has 0 atom stereocenters. The van der Waals surface area contributed by atoms with Crippen molar-refractivity contribution in [3.05, 3.63) is 65.5 Å². The fourth-order valence-corrected chi connectivity index (χ4v) is 2.90. The number of rotatable bonds is 5. The third kappa shape index (κ3) is 4.28. The van der Waals surface area contributed by atoms with Crippen LogP contribution in [0.5, 0.6) is 0 Å². The van der Waals surface area contributed by atoms with Gasteiger partial charge in [-0.05, 0) is 42.0 Å². The first-order valence-electron chi connectivity index (χ1n) is 5.94. The Morgan fingerprint density at radius 2 is 1.62 bits per heavy atom. The summed E-state index contributed by atoms with van der Waals surface area (Å²) in [6.07, 6.45) is 0. The van der Waals surface area contributed by atoms with Gasteiger partial charge in [0.1, 0.15) is 5.82 Å². The molecule has 2 aromatic carbocycles. The van der Waals surface area contributed by atoms with E-state index in [2.05, 4.69) is 4.72 Å². The van der Waals surface area contributed by atoms with E-state index < -0.39 is 21.8 Å². The van der Waals surface area contributed by atoms with Crippen LogP contribution in [0.3, 0.4) is 0 Å². The molecule has 0 aliphatic rings. The molecule has 0 saturated heterocycles. The second kappa shape index (κ2) is 5.92. The highest BCUT2D eigenvalue weighted by molar-refractivity contribution is 7.91. The maximum absolute atomic E-state index is 12.7. The fourth-order valence-electron chi connectivity index (χ4n) is 1.70. The van der Waals surface area contributed by atoms with Crippen LogP contribution in [0.15, 0.2) is 48.5 Å². The van der Waals surface area contributed by atoms with Crippen molar-refractivity contribution in [3.63, 3.8) is 0 Å². The van der Waals surface area contributed by atoms with E-state index in [-0.39, 0.29) is 17.0 Å². The Morgan fingerprint density at radius 1 is 1.05 bits per heavy atom. The SMILES string of the molecule is O=C(O)c1ccc(CS(=O)(=O)Nc2ccc(F)cc2)cc1. The lowest BCUT2D eigenvalue weighted by molar-refractivity contribution is 0.0697. The van der Waals surface area contributed by atoms with Crippen LogP contribution in [0.4, 0.5) is 10.1 Å². The molecule has 0 saturated carbocycles. The van der Waals surface area contributed by atoms with Crippen molar-refractivity contribution < 1.29 is 22.7 Å². The number of carboxylic acids is 1. The Labute approximate surface area is 121 Å². The van der Waals surface area contributed by atoms with Gasteiger partial charge in [-0.1, -0.05) is 12.1 Å². The van der Waals surface area contributed by atoms with Crippen molar-refractivity contribution >= 4 is 21.7 Å². The number of hydrogen-bond donors (Lipinski definition) is 2. The molecule has 0 aliphatic heterocycles. The van der Waals surface area contributed by atoms with Crippen LogP contribution in [0.2, 0.25) is 0 Å². The summed E-state index contributed by atoms with van der Waals surface area (Å²) in [5.74, 6) is -1.83. The highest BCUT2D eigenvalue weighted by Gasteiger charge is 2.12. The molecule has 5 nitrogen and oxygen atoms in total. The molecular weight excluding hydrogens is 297 g/mol. The molecule has 0 radical (unpaired) electrons. The van der Waals surface area contributed by atoms with Crippen molar-refractivity contribution in [1.29, 1.82) is 0 Å². The Morgan fingerprint density at radius 3 is 2.14 bits per heavy atom. The van der Waals surface area contributed by atoms with Crippen molar-refractivity contribution in [1.82, 2.24) is 0 Å². The highest BCUT2D eigenvalue weighted by atomic mass is 32.2. The van der Waals surface area contributed by atoms with E-state index in [1.54, 1.807) is 0 Å². The number of halogens is 1. The van der Waals surface area contributed by atoms with Crippen LogP contribution in [0.1, 0.15) is 15.9 Å². The summed E-state index contributed by atoms with van der Waals surface area (Å²) in [7, 11) is -3.65. The Hall–Kier alpha value is -2.41. The van der Waals surface area contributed by atoms with Gasteiger partial charge in [0.15, 0.2) is 0 Å². The zero-order valence-electron chi connectivity index (χ0n) is 10.8. The molecule has 2 rings (SSSR count). The Bertz CT molecular complexity index is 740. The summed E-state index contributed by atoms with van der Waals surface area (Å²) in [5.41, 5.74) is 0.802. The molecule has 0 unspecified atom stereocenters. The highest BCUT2D eigenvalue weighted by Crippen LogP contribution is 2.14. The van der Waals surface area contributed by atoms with E-state index in [1.165, 1.54) is 36.4 Å². The predicted molar refractivity (Wildman–Crippen MR) is 76.0 cm³/mol. The molecular formula is C14H12FNO4S. The van der Waals surface area contributed by atoms with Crippen LogP contribution in [0.25, 0.3) is 0 Å². The normalized spacial score (nSPS) is 11.1. The second-order valence-corrected chi connectivity index (χ2v) is 6.09. The van der Waals surface area contributed by atoms with E-state index >= 15 is 0 Å². The number of sulfonamides is 1. The maximum Gasteiger partial charge on any atom is 0.335 e. The lowest BCUT2D eigenvalue weighted by Gasteiger charge is -2.08. The van der Waals surface area contributed by atoms with Gasteiger partial charge in [0.2, 0.25) is 10.0 Å². The summed E-state index contributed by atoms with van der Waals surface area (Å²) in [6, 6.07) is 10.5. The molecule has 0 spiro atoms. The van der Waals surface area contributed by atoms with E-state index in [0.29, 0.717) is 5.56 Å². The average Bonchev–Trinajstić information content (AvgIpc) is 2.41. The third-order valence-corrected chi connectivity index (χ3v) is 3.94. The first-order chi connectivity index (χ1) is 9.85. The predicted octanol–water partition coefficient (Wildman–Crippen LogP) is 2.47. The first kappa shape index (κ1) is 15.0. The van der Waals surface area contributed by atoms with Crippen LogP contribution in [-0.4, -0.2) is 19.5 Å². The van der Waals surface area contributed by atoms with Gasteiger partial charge >= 0.3 is 5.97 Å². The minimum Gasteiger partial charge on any atom is -0.478 e. The van der Waals surface area contributed by atoms with Gasteiger partial charge in [-0.25, -0.2) is 17.6 Å². The van der Waals surface area contributed by atoms with Gasteiger partial charge in [-0.2, -0.15) is 0 Å². The number of benzene rings is 2. The molecule has 2 aromatic rings. The number of aromatic carboxylic acids is 1. The molecule has 0 amide bonds. The van der Waals surface area contributed by atoms with Crippen molar-refractivity contribution in [2.24, 2.45) is 0 Å².